The Morgan fingerprint density at radius 3 is 3.00 bits per heavy atom. The van der Waals surface area contributed by atoms with Gasteiger partial charge in [0.25, 0.3) is 5.89 Å². The van der Waals surface area contributed by atoms with Crippen molar-refractivity contribution in [3.63, 3.8) is 0 Å². The summed E-state index contributed by atoms with van der Waals surface area (Å²) in [5, 5.41) is 16.4. The molecule has 0 bridgehead atoms. The zero-order chi connectivity index (χ0) is 13.7. The third-order valence-corrected chi connectivity index (χ3v) is 2.23. The van der Waals surface area contributed by atoms with E-state index in [2.05, 4.69) is 16.1 Å². The molecule has 2 heterocycles. The Labute approximate surface area is 108 Å². The summed E-state index contributed by atoms with van der Waals surface area (Å²) in [4.78, 5) is 12.2. The standard InChI is InChI=1S/C12H11N3O4/c1-2-5-15(8-11(16)17)7-10-13-14-12(19-10)9-4-3-6-18-9/h1,3-4,6H,5,7-8H2,(H,16,17). The number of hydrogen-bond acceptors (Lipinski definition) is 6. The van der Waals surface area contributed by atoms with Gasteiger partial charge in [-0.1, -0.05) is 5.92 Å². The van der Waals surface area contributed by atoms with Crippen LogP contribution in [0.1, 0.15) is 5.89 Å². The first kappa shape index (κ1) is 12.9. The van der Waals surface area contributed by atoms with Gasteiger partial charge in [-0.2, -0.15) is 0 Å². The molecule has 0 atom stereocenters. The molecule has 0 aliphatic carbocycles. The lowest BCUT2D eigenvalue weighted by Gasteiger charge is -2.14. The van der Waals surface area contributed by atoms with Gasteiger partial charge in [0.05, 0.1) is 25.9 Å². The van der Waals surface area contributed by atoms with Gasteiger partial charge in [-0.25, -0.2) is 0 Å². The van der Waals surface area contributed by atoms with Crippen LogP contribution in [0.5, 0.6) is 0 Å². The lowest BCUT2D eigenvalue weighted by atomic mass is 10.4. The zero-order valence-electron chi connectivity index (χ0n) is 9.94. The second-order valence-electron chi connectivity index (χ2n) is 3.72. The highest BCUT2D eigenvalue weighted by Gasteiger charge is 2.15. The Hall–Kier alpha value is -2.59. The van der Waals surface area contributed by atoms with Crippen molar-refractivity contribution in [3.8, 4) is 24.0 Å². The highest BCUT2D eigenvalue weighted by atomic mass is 16.4. The molecule has 0 radical (unpaired) electrons. The molecular formula is C12H11N3O4. The molecule has 0 saturated heterocycles. The van der Waals surface area contributed by atoms with E-state index in [4.69, 9.17) is 20.4 Å². The van der Waals surface area contributed by atoms with Gasteiger partial charge in [0.2, 0.25) is 5.89 Å². The smallest absolute Gasteiger partial charge is 0.317 e. The lowest BCUT2D eigenvalue weighted by molar-refractivity contribution is -0.138. The van der Waals surface area contributed by atoms with E-state index in [9.17, 15) is 4.79 Å². The van der Waals surface area contributed by atoms with Crippen LogP contribution in [0.25, 0.3) is 11.7 Å². The van der Waals surface area contributed by atoms with Gasteiger partial charge in [0, 0.05) is 0 Å². The fraction of sp³-hybridized carbons (Fsp3) is 0.250. The van der Waals surface area contributed by atoms with Gasteiger partial charge in [0.1, 0.15) is 0 Å². The van der Waals surface area contributed by atoms with Gasteiger partial charge < -0.3 is 13.9 Å². The maximum absolute atomic E-state index is 10.7. The van der Waals surface area contributed by atoms with Gasteiger partial charge in [-0.15, -0.1) is 16.6 Å². The topological polar surface area (TPSA) is 92.6 Å². The number of carbonyl (C=O) groups is 1. The van der Waals surface area contributed by atoms with Crippen molar-refractivity contribution in [1.29, 1.82) is 0 Å². The van der Waals surface area contributed by atoms with Crippen LogP contribution in [-0.2, 0) is 11.3 Å². The number of aliphatic carboxylic acids is 1. The normalized spacial score (nSPS) is 10.5. The number of carboxylic acids is 1. The average Bonchev–Trinajstić information content (AvgIpc) is 2.97. The van der Waals surface area contributed by atoms with Crippen LogP contribution in [0.4, 0.5) is 0 Å². The third-order valence-electron chi connectivity index (χ3n) is 2.23. The summed E-state index contributed by atoms with van der Waals surface area (Å²) in [6.07, 6.45) is 6.67. The first-order chi connectivity index (χ1) is 9.19. The summed E-state index contributed by atoms with van der Waals surface area (Å²) in [6.45, 7) is 0.164. The average molecular weight is 261 g/mol. The van der Waals surface area contributed by atoms with E-state index < -0.39 is 5.97 Å². The van der Waals surface area contributed by atoms with Crippen LogP contribution in [0.15, 0.2) is 27.2 Å². The molecule has 0 unspecified atom stereocenters. The van der Waals surface area contributed by atoms with Crippen LogP contribution in [-0.4, -0.2) is 39.3 Å². The maximum Gasteiger partial charge on any atom is 0.317 e. The van der Waals surface area contributed by atoms with Crippen molar-refractivity contribution in [3.05, 3.63) is 24.3 Å². The highest BCUT2D eigenvalue weighted by Crippen LogP contribution is 2.18. The maximum atomic E-state index is 10.7. The second kappa shape index (κ2) is 5.84. The predicted molar refractivity (Wildman–Crippen MR) is 63.7 cm³/mol. The number of rotatable bonds is 6. The molecule has 7 nitrogen and oxygen atoms in total. The molecule has 19 heavy (non-hydrogen) atoms. The number of aromatic nitrogens is 2. The summed E-state index contributed by atoms with van der Waals surface area (Å²) in [6, 6.07) is 3.39. The summed E-state index contributed by atoms with van der Waals surface area (Å²) in [5.41, 5.74) is 0. The molecule has 0 aromatic carbocycles. The van der Waals surface area contributed by atoms with E-state index in [0.29, 0.717) is 5.76 Å². The molecular weight excluding hydrogens is 250 g/mol. The predicted octanol–water partition coefficient (Wildman–Crippen LogP) is 0.849. The van der Waals surface area contributed by atoms with Gasteiger partial charge >= 0.3 is 5.97 Å². The fourth-order valence-electron chi connectivity index (χ4n) is 1.50. The summed E-state index contributed by atoms with van der Waals surface area (Å²) >= 11 is 0. The number of nitrogens with zero attached hydrogens (tertiary/aromatic N) is 3. The minimum atomic E-state index is -0.971. The Morgan fingerprint density at radius 2 is 2.37 bits per heavy atom. The highest BCUT2D eigenvalue weighted by molar-refractivity contribution is 5.69. The Kier molecular flexibility index (Phi) is 3.95. The van der Waals surface area contributed by atoms with Gasteiger partial charge in [-0.05, 0) is 12.1 Å². The first-order valence-electron chi connectivity index (χ1n) is 5.43. The molecule has 0 spiro atoms. The van der Waals surface area contributed by atoms with Crippen molar-refractivity contribution in [2.24, 2.45) is 0 Å². The summed E-state index contributed by atoms with van der Waals surface area (Å²) in [5.74, 6) is 2.40. The molecule has 0 aliphatic rings. The van der Waals surface area contributed by atoms with Crippen molar-refractivity contribution in [2.75, 3.05) is 13.1 Å². The number of furan rings is 1. The SMILES string of the molecule is C#CCN(CC(=O)O)Cc1nnc(-c2ccco2)o1. The molecule has 0 saturated carbocycles. The lowest BCUT2D eigenvalue weighted by Crippen LogP contribution is -2.29. The van der Waals surface area contributed by atoms with E-state index in [-0.39, 0.29) is 31.4 Å². The largest absolute Gasteiger partial charge is 0.480 e. The molecule has 0 fully saturated rings. The Balaban J connectivity index is 2.06. The third kappa shape index (κ3) is 3.43. The van der Waals surface area contributed by atoms with Crippen LogP contribution in [0, 0.1) is 12.3 Å². The molecule has 2 aromatic heterocycles. The minimum Gasteiger partial charge on any atom is -0.480 e. The summed E-state index contributed by atoms with van der Waals surface area (Å²) < 4.78 is 10.5. The van der Waals surface area contributed by atoms with Crippen molar-refractivity contribution >= 4 is 5.97 Å². The molecule has 2 aromatic rings. The van der Waals surface area contributed by atoms with Crippen molar-refractivity contribution in [2.45, 2.75) is 6.54 Å². The number of hydrogen-bond donors (Lipinski definition) is 1. The van der Waals surface area contributed by atoms with Crippen molar-refractivity contribution < 1.29 is 18.7 Å². The van der Waals surface area contributed by atoms with Crippen LogP contribution < -0.4 is 0 Å². The quantitative estimate of drug-likeness (QED) is 0.770. The zero-order valence-corrected chi connectivity index (χ0v) is 9.94. The Bertz CT molecular complexity index is 582. The Morgan fingerprint density at radius 1 is 1.53 bits per heavy atom. The number of carboxylic acid groups (broad SMARTS) is 1. The van der Waals surface area contributed by atoms with E-state index in [0.717, 1.165) is 0 Å². The molecule has 0 amide bonds. The van der Waals surface area contributed by atoms with Gasteiger partial charge in [-0.3, -0.25) is 9.69 Å². The molecule has 7 heteroatoms. The monoisotopic (exact) mass is 261 g/mol. The minimum absolute atomic E-state index is 0.171. The van der Waals surface area contributed by atoms with E-state index in [1.807, 2.05) is 0 Å². The first-order valence-corrected chi connectivity index (χ1v) is 5.43. The van der Waals surface area contributed by atoms with Gasteiger partial charge in [0.15, 0.2) is 5.76 Å². The summed E-state index contributed by atoms with van der Waals surface area (Å²) in [7, 11) is 0. The molecule has 2 rings (SSSR count). The van der Waals surface area contributed by atoms with E-state index in [1.54, 1.807) is 12.1 Å². The van der Waals surface area contributed by atoms with E-state index >= 15 is 0 Å². The molecule has 1 N–H and O–H groups in total. The fourth-order valence-corrected chi connectivity index (χ4v) is 1.50. The van der Waals surface area contributed by atoms with E-state index in [1.165, 1.54) is 11.2 Å². The van der Waals surface area contributed by atoms with Crippen LogP contribution in [0.2, 0.25) is 0 Å². The van der Waals surface area contributed by atoms with Crippen LogP contribution in [0.3, 0.4) is 0 Å². The van der Waals surface area contributed by atoms with Crippen LogP contribution >= 0.6 is 0 Å². The second-order valence-corrected chi connectivity index (χ2v) is 3.72. The molecule has 98 valence electrons. The number of terminal acetylenes is 1. The molecule has 0 aliphatic heterocycles. The van der Waals surface area contributed by atoms with Crippen molar-refractivity contribution in [1.82, 2.24) is 15.1 Å².